The Morgan fingerprint density at radius 2 is 2.00 bits per heavy atom. The molecule has 28 heavy (non-hydrogen) atoms. The SMILES string of the molecule is C=C(C(=O)N1CCC(NC(C)=O)C1)c1ccc(Sc2ccccc2Br)c(Cl)c1. The predicted octanol–water partition coefficient (Wildman–Crippen LogP) is 5.00. The molecule has 1 unspecified atom stereocenters. The third-order valence-electron chi connectivity index (χ3n) is 4.48. The minimum Gasteiger partial charge on any atom is -0.352 e. The van der Waals surface area contributed by atoms with Gasteiger partial charge in [0.15, 0.2) is 0 Å². The molecule has 1 saturated heterocycles. The maximum absolute atomic E-state index is 12.8. The van der Waals surface area contributed by atoms with Crippen molar-refractivity contribution < 1.29 is 9.59 Å². The Bertz CT molecular complexity index is 934. The van der Waals surface area contributed by atoms with Crippen LogP contribution in [0, 0.1) is 0 Å². The van der Waals surface area contributed by atoms with E-state index in [1.54, 1.807) is 22.7 Å². The Hall–Kier alpha value is -1.76. The molecule has 2 aromatic carbocycles. The minimum atomic E-state index is -0.130. The van der Waals surface area contributed by atoms with Gasteiger partial charge >= 0.3 is 0 Å². The molecule has 2 amide bonds. The van der Waals surface area contributed by atoms with Crippen LogP contribution in [-0.4, -0.2) is 35.8 Å². The number of hydrogen-bond acceptors (Lipinski definition) is 3. The van der Waals surface area contributed by atoms with Gasteiger partial charge in [0, 0.05) is 45.9 Å². The van der Waals surface area contributed by atoms with Crippen molar-refractivity contribution in [2.45, 2.75) is 29.2 Å². The van der Waals surface area contributed by atoms with E-state index in [1.165, 1.54) is 6.92 Å². The Morgan fingerprint density at radius 1 is 1.25 bits per heavy atom. The van der Waals surface area contributed by atoms with Gasteiger partial charge in [-0.15, -0.1) is 0 Å². The topological polar surface area (TPSA) is 49.4 Å². The van der Waals surface area contributed by atoms with Gasteiger partial charge in [0.05, 0.1) is 5.02 Å². The van der Waals surface area contributed by atoms with E-state index >= 15 is 0 Å². The first-order chi connectivity index (χ1) is 13.3. The Balaban J connectivity index is 1.69. The monoisotopic (exact) mass is 478 g/mol. The van der Waals surface area contributed by atoms with Gasteiger partial charge in [0.2, 0.25) is 5.91 Å². The predicted molar refractivity (Wildman–Crippen MR) is 118 cm³/mol. The summed E-state index contributed by atoms with van der Waals surface area (Å²) in [5, 5.41) is 3.43. The number of amides is 2. The Kier molecular flexibility index (Phi) is 6.86. The number of carbonyl (C=O) groups excluding carboxylic acids is 2. The smallest absolute Gasteiger partial charge is 0.253 e. The van der Waals surface area contributed by atoms with Crippen LogP contribution in [0.4, 0.5) is 0 Å². The fourth-order valence-electron chi connectivity index (χ4n) is 3.08. The lowest BCUT2D eigenvalue weighted by atomic mass is 10.1. The molecule has 2 aromatic rings. The van der Waals surface area contributed by atoms with E-state index in [9.17, 15) is 9.59 Å². The van der Waals surface area contributed by atoms with Crippen LogP contribution >= 0.6 is 39.3 Å². The molecule has 1 atom stereocenters. The first-order valence-corrected chi connectivity index (χ1v) is 10.8. The summed E-state index contributed by atoms with van der Waals surface area (Å²) >= 11 is 11.6. The van der Waals surface area contributed by atoms with E-state index in [-0.39, 0.29) is 17.9 Å². The summed E-state index contributed by atoms with van der Waals surface area (Å²) in [4.78, 5) is 27.7. The van der Waals surface area contributed by atoms with E-state index in [0.717, 1.165) is 20.7 Å². The molecule has 0 aliphatic carbocycles. The largest absolute Gasteiger partial charge is 0.352 e. The number of benzene rings is 2. The lowest BCUT2D eigenvalue weighted by Gasteiger charge is -2.18. The van der Waals surface area contributed by atoms with Gasteiger partial charge in [-0.3, -0.25) is 9.59 Å². The highest BCUT2D eigenvalue weighted by atomic mass is 79.9. The first-order valence-electron chi connectivity index (χ1n) is 8.82. The zero-order valence-corrected chi connectivity index (χ0v) is 18.5. The second-order valence-electron chi connectivity index (χ2n) is 6.59. The van der Waals surface area contributed by atoms with Crippen LogP contribution < -0.4 is 5.32 Å². The van der Waals surface area contributed by atoms with Gasteiger partial charge in [0.1, 0.15) is 0 Å². The minimum absolute atomic E-state index is 0.000864. The lowest BCUT2D eigenvalue weighted by Crippen LogP contribution is -2.37. The zero-order valence-electron chi connectivity index (χ0n) is 15.4. The van der Waals surface area contributed by atoms with Gasteiger partial charge in [0.25, 0.3) is 5.91 Å². The number of nitrogens with one attached hydrogen (secondary N) is 1. The lowest BCUT2D eigenvalue weighted by molar-refractivity contribution is -0.124. The van der Waals surface area contributed by atoms with Gasteiger partial charge in [-0.05, 0) is 52.2 Å². The molecular weight excluding hydrogens is 460 g/mol. The van der Waals surface area contributed by atoms with Crippen molar-refractivity contribution >= 4 is 56.7 Å². The normalized spacial score (nSPS) is 16.1. The highest BCUT2D eigenvalue weighted by Crippen LogP contribution is 2.38. The molecule has 0 bridgehead atoms. The van der Waals surface area contributed by atoms with Gasteiger partial charge in [-0.2, -0.15) is 0 Å². The highest BCUT2D eigenvalue weighted by Gasteiger charge is 2.28. The molecule has 1 fully saturated rings. The maximum atomic E-state index is 12.8. The fraction of sp³-hybridized carbons (Fsp3) is 0.238. The number of hydrogen-bond donors (Lipinski definition) is 1. The van der Waals surface area contributed by atoms with E-state index in [0.29, 0.717) is 29.2 Å². The number of halogens is 2. The van der Waals surface area contributed by atoms with Gasteiger partial charge in [-0.25, -0.2) is 0 Å². The number of likely N-dealkylation sites (tertiary alicyclic amines) is 1. The molecular formula is C21H20BrClN2O2S. The molecule has 1 aliphatic heterocycles. The van der Waals surface area contributed by atoms with Crippen LogP contribution in [0.15, 0.2) is 63.3 Å². The average molecular weight is 480 g/mol. The Labute approximate surface area is 182 Å². The Morgan fingerprint density at radius 3 is 2.68 bits per heavy atom. The van der Waals surface area contributed by atoms with E-state index in [2.05, 4.69) is 27.8 Å². The number of nitrogens with zero attached hydrogens (tertiary/aromatic N) is 1. The third kappa shape index (κ3) is 4.99. The second kappa shape index (κ2) is 9.16. The van der Waals surface area contributed by atoms with Crippen LogP contribution in [0.1, 0.15) is 18.9 Å². The molecule has 4 nitrogen and oxygen atoms in total. The van der Waals surface area contributed by atoms with Crippen molar-refractivity contribution in [2.75, 3.05) is 13.1 Å². The van der Waals surface area contributed by atoms with Gasteiger partial charge in [-0.1, -0.05) is 48.1 Å². The summed E-state index contributed by atoms with van der Waals surface area (Å²) in [6.07, 6.45) is 0.751. The zero-order chi connectivity index (χ0) is 20.3. The van der Waals surface area contributed by atoms with Crippen molar-refractivity contribution in [1.29, 1.82) is 0 Å². The number of rotatable bonds is 5. The van der Waals surface area contributed by atoms with Crippen LogP contribution in [0.3, 0.4) is 0 Å². The van der Waals surface area contributed by atoms with Crippen molar-refractivity contribution in [3.8, 4) is 0 Å². The molecule has 1 N–H and O–H groups in total. The van der Waals surface area contributed by atoms with Crippen LogP contribution in [0.25, 0.3) is 5.57 Å². The molecule has 0 saturated carbocycles. The summed E-state index contributed by atoms with van der Waals surface area (Å²) in [6, 6.07) is 13.5. The van der Waals surface area contributed by atoms with Crippen molar-refractivity contribution in [2.24, 2.45) is 0 Å². The standard InChI is InChI=1S/C21H20BrClN2O2S/c1-13(21(27)25-10-9-16(12-25)24-14(2)26)15-7-8-20(18(23)11-15)28-19-6-4-3-5-17(19)22/h3-8,11,16H,1,9-10,12H2,2H3,(H,24,26). The summed E-state index contributed by atoms with van der Waals surface area (Å²) in [5.41, 5.74) is 1.11. The van der Waals surface area contributed by atoms with Crippen molar-refractivity contribution in [3.63, 3.8) is 0 Å². The summed E-state index contributed by atoms with van der Waals surface area (Å²) < 4.78 is 1.00. The van der Waals surface area contributed by atoms with E-state index in [4.69, 9.17) is 11.6 Å². The van der Waals surface area contributed by atoms with Crippen LogP contribution in [-0.2, 0) is 9.59 Å². The van der Waals surface area contributed by atoms with Gasteiger partial charge < -0.3 is 10.2 Å². The molecule has 1 heterocycles. The molecule has 0 spiro atoms. The molecule has 0 aromatic heterocycles. The second-order valence-corrected chi connectivity index (χ2v) is 8.94. The molecule has 0 radical (unpaired) electrons. The molecule has 7 heteroatoms. The first kappa shape index (κ1) is 21.0. The quantitative estimate of drug-likeness (QED) is 0.614. The van der Waals surface area contributed by atoms with Crippen LogP contribution in [0.2, 0.25) is 5.02 Å². The molecule has 1 aliphatic rings. The van der Waals surface area contributed by atoms with Crippen molar-refractivity contribution in [1.82, 2.24) is 10.2 Å². The summed E-state index contributed by atoms with van der Waals surface area (Å²) in [5.74, 6) is -0.210. The average Bonchev–Trinajstić information content (AvgIpc) is 3.11. The third-order valence-corrected chi connectivity index (χ3v) is 7.01. The van der Waals surface area contributed by atoms with E-state index < -0.39 is 0 Å². The molecule has 3 rings (SSSR count). The molecule has 146 valence electrons. The summed E-state index contributed by atoms with van der Waals surface area (Å²) in [7, 11) is 0. The summed E-state index contributed by atoms with van der Waals surface area (Å²) in [6.45, 7) is 6.56. The highest BCUT2D eigenvalue weighted by molar-refractivity contribution is 9.10. The van der Waals surface area contributed by atoms with E-state index in [1.807, 2.05) is 36.4 Å². The maximum Gasteiger partial charge on any atom is 0.253 e. The number of carbonyl (C=O) groups is 2. The van der Waals surface area contributed by atoms with Crippen LogP contribution in [0.5, 0.6) is 0 Å². The fourth-order valence-corrected chi connectivity index (χ4v) is 4.75. The van der Waals surface area contributed by atoms with Crippen molar-refractivity contribution in [3.05, 3.63) is 64.1 Å².